The Labute approximate surface area is 185 Å². The van der Waals surface area contributed by atoms with Crippen molar-refractivity contribution in [3.63, 3.8) is 0 Å². The van der Waals surface area contributed by atoms with Gasteiger partial charge in [0, 0.05) is 24.4 Å². The van der Waals surface area contributed by atoms with E-state index in [0.717, 1.165) is 70.4 Å². The highest BCUT2D eigenvalue weighted by Crippen LogP contribution is 2.32. The fourth-order valence-electron chi connectivity index (χ4n) is 4.95. The van der Waals surface area contributed by atoms with Crippen molar-refractivity contribution >= 4 is 17.6 Å². The lowest BCUT2D eigenvalue weighted by atomic mass is 9.94. The minimum atomic E-state index is -0.589. The Morgan fingerprint density at radius 2 is 1.50 bits per heavy atom. The lowest BCUT2D eigenvalue weighted by molar-refractivity contribution is -0.384. The number of rotatable bonds is 5. The van der Waals surface area contributed by atoms with Gasteiger partial charge in [0.2, 0.25) is 5.88 Å². The van der Waals surface area contributed by atoms with Crippen LogP contribution in [0.25, 0.3) is 0 Å². The summed E-state index contributed by atoms with van der Waals surface area (Å²) in [6, 6.07) is 5.57. The van der Waals surface area contributed by atoms with Gasteiger partial charge in [-0.25, -0.2) is 9.79 Å². The zero-order chi connectivity index (χ0) is 22.7. The average molecular weight is 441 g/mol. The first kappa shape index (κ1) is 22.0. The third-order valence-corrected chi connectivity index (χ3v) is 6.62. The van der Waals surface area contributed by atoms with Crippen LogP contribution in [0.15, 0.2) is 38.8 Å². The summed E-state index contributed by atoms with van der Waals surface area (Å²) in [6.45, 7) is 0. The molecule has 1 aromatic carbocycles. The Hall–Kier alpha value is -3.23. The Balaban J connectivity index is 1.87. The molecule has 1 aromatic heterocycles. The van der Waals surface area contributed by atoms with Gasteiger partial charge in [0.05, 0.1) is 4.92 Å². The van der Waals surface area contributed by atoms with E-state index in [1.54, 1.807) is 6.07 Å². The maximum absolute atomic E-state index is 13.4. The molecule has 2 aliphatic carbocycles. The first-order valence-corrected chi connectivity index (χ1v) is 11.4. The molecule has 2 saturated carbocycles. The van der Waals surface area contributed by atoms with Crippen molar-refractivity contribution in [3.05, 3.63) is 60.8 Å². The molecule has 4 rings (SSSR count). The van der Waals surface area contributed by atoms with Crippen LogP contribution >= 0.6 is 0 Å². The van der Waals surface area contributed by atoms with Crippen LogP contribution in [-0.4, -0.2) is 25.4 Å². The van der Waals surface area contributed by atoms with E-state index in [9.17, 15) is 24.8 Å². The van der Waals surface area contributed by atoms with Crippen LogP contribution in [0, 0.1) is 10.1 Å². The fraction of sp³-hybridized carbons (Fsp3) is 0.522. The van der Waals surface area contributed by atoms with E-state index in [-0.39, 0.29) is 29.0 Å². The van der Waals surface area contributed by atoms with Gasteiger partial charge in [-0.15, -0.1) is 0 Å². The first-order valence-electron chi connectivity index (χ1n) is 11.4. The van der Waals surface area contributed by atoms with Crippen molar-refractivity contribution in [1.82, 2.24) is 9.13 Å². The molecule has 32 heavy (non-hydrogen) atoms. The van der Waals surface area contributed by atoms with Crippen LogP contribution in [0.4, 0.5) is 11.4 Å². The van der Waals surface area contributed by atoms with Crippen LogP contribution in [0.2, 0.25) is 0 Å². The van der Waals surface area contributed by atoms with Crippen LogP contribution in [0.1, 0.15) is 81.9 Å². The lowest BCUT2D eigenvalue weighted by Crippen LogP contribution is -2.45. The molecule has 0 saturated heterocycles. The van der Waals surface area contributed by atoms with Crippen molar-refractivity contribution in [3.8, 4) is 5.88 Å². The normalized spacial score (nSPS) is 18.2. The molecule has 9 nitrogen and oxygen atoms in total. The molecule has 1 N–H and O–H groups in total. The minimum absolute atomic E-state index is 0.0796. The van der Waals surface area contributed by atoms with Gasteiger partial charge < -0.3 is 5.11 Å². The molecule has 0 unspecified atom stereocenters. The second-order valence-electron chi connectivity index (χ2n) is 8.65. The minimum Gasteiger partial charge on any atom is -0.494 e. The van der Waals surface area contributed by atoms with Crippen LogP contribution in [0.3, 0.4) is 0 Å². The van der Waals surface area contributed by atoms with Crippen molar-refractivity contribution in [2.45, 2.75) is 76.3 Å². The quantitative estimate of drug-likeness (QED) is 0.420. The number of para-hydroxylation sites is 2. The van der Waals surface area contributed by atoms with Gasteiger partial charge in [-0.3, -0.25) is 24.0 Å². The van der Waals surface area contributed by atoms with E-state index in [4.69, 9.17) is 0 Å². The third-order valence-electron chi connectivity index (χ3n) is 6.62. The number of aromatic hydroxyl groups is 1. The van der Waals surface area contributed by atoms with E-state index in [0.29, 0.717) is 0 Å². The monoisotopic (exact) mass is 440 g/mol. The molecule has 2 fully saturated rings. The molecular formula is C23H28N4O5. The summed E-state index contributed by atoms with van der Waals surface area (Å²) in [5, 5.41) is 22.3. The van der Waals surface area contributed by atoms with Crippen molar-refractivity contribution < 1.29 is 10.0 Å². The van der Waals surface area contributed by atoms with Gasteiger partial charge >= 0.3 is 5.69 Å². The lowest BCUT2D eigenvalue weighted by Gasteiger charge is -2.29. The van der Waals surface area contributed by atoms with Gasteiger partial charge in [0.1, 0.15) is 11.3 Å². The molecule has 1 heterocycles. The highest BCUT2D eigenvalue weighted by atomic mass is 16.6. The number of benzene rings is 1. The summed E-state index contributed by atoms with van der Waals surface area (Å²) in [5.41, 5.74) is -1.27. The van der Waals surface area contributed by atoms with E-state index < -0.39 is 22.1 Å². The van der Waals surface area contributed by atoms with Crippen LogP contribution < -0.4 is 11.2 Å². The molecule has 0 radical (unpaired) electrons. The van der Waals surface area contributed by atoms with Gasteiger partial charge in [-0.2, -0.15) is 0 Å². The number of hydrogen-bond donors (Lipinski definition) is 1. The molecule has 0 aliphatic heterocycles. The summed E-state index contributed by atoms with van der Waals surface area (Å²) in [4.78, 5) is 41.7. The van der Waals surface area contributed by atoms with Gasteiger partial charge in [-0.05, 0) is 31.7 Å². The maximum Gasteiger partial charge on any atom is 0.334 e. The molecule has 0 bridgehead atoms. The number of aromatic nitrogens is 2. The molecule has 170 valence electrons. The number of hydrogen-bond acceptors (Lipinski definition) is 6. The zero-order valence-electron chi connectivity index (χ0n) is 18.0. The van der Waals surface area contributed by atoms with Crippen LogP contribution in [0.5, 0.6) is 5.88 Å². The summed E-state index contributed by atoms with van der Waals surface area (Å²) in [5.74, 6) is -0.402. The molecule has 2 aliphatic rings. The van der Waals surface area contributed by atoms with Crippen molar-refractivity contribution in [2.75, 3.05) is 0 Å². The summed E-state index contributed by atoms with van der Waals surface area (Å²) < 4.78 is 2.64. The van der Waals surface area contributed by atoms with Crippen LogP contribution in [-0.2, 0) is 0 Å². The SMILES string of the molecule is O=c1c(C=Nc2ccccc2[N+](=O)[O-])c(O)n(C2CCCCC2)c(=O)n1C1CCCCC1. The van der Waals surface area contributed by atoms with Gasteiger partial charge in [-0.1, -0.05) is 50.7 Å². The predicted molar refractivity (Wildman–Crippen MR) is 121 cm³/mol. The highest BCUT2D eigenvalue weighted by Gasteiger charge is 2.28. The third kappa shape index (κ3) is 4.24. The highest BCUT2D eigenvalue weighted by molar-refractivity contribution is 5.85. The predicted octanol–water partition coefficient (Wildman–Crippen LogP) is 4.38. The Bertz CT molecular complexity index is 1140. The molecule has 2 aromatic rings. The van der Waals surface area contributed by atoms with E-state index in [2.05, 4.69) is 4.99 Å². The van der Waals surface area contributed by atoms with E-state index >= 15 is 0 Å². The summed E-state index contributed by atoms with van der Waals surface area (Å²) in [7, 11) is 0. The Kier molecular flexibility index (Phi) is 6.53. The van der Waals surface area contributed by atoms with E-state index in [1.807, 2.05) is 0 Å². The van der Waals surface area contributed by atoms with Gasteiger partial charge in [0.15, 0.2) is 0 Å². The number of aliphatic imine (C=N–C) groups is 1. The second kappa shape index (κ2) is 9.50. The molecule has 9 heteroatoms. The molecule has 0 atom stereocenters. The smallest absolute Gasteiger partial charge is 0.334 e. The molecule has 0 amide bonds. The largest absolute Gasteiger partial charge is 0.494 e. The average Bonchev–Trinajstić information content (AvgIpc) is 2.80. The Morgan fingerprint density at radius 1 is 0.938 bits per heavy atom. The number of nitro groups is 1. The first-order chi connectivity index (χ1) is 15.5. The fourth-order valence-corrected chi connectivity index (χ4v) is 4.95. The summed E-state index contributed by atoms with van der Waals surface area (Å²) >= 11 is 0. The second-order valence-corrected chi connectivity index (χ2v) is 8.65. The van der Waals surface area contributed by atoms with E-state index in [1.165, 1.54) is 27.3 Å². The van der Waals surface area contributed by atoms with Crippen molar-refractivity contribution in [1.29, 1.82) is 0 Å². The summed E-state index contributed by atoms with van der Waals surface area (Å²) in [6.07, 6.45) is 10.1. The molecular weight excluding hydrogens is 412 g/mol. The molecule has 0 spiro atoms. The maximum atomic E-state index is 13.4. The van der Waals surface area contributed by atoms with Gasteiger partial charge in [0.25, 0.3) is 11.2 Å². The standard InChI is InChI=1S/C23H28N4O5/c28-21-18(15-24-19-13-7-8-14-20(19)27(31)32)22(29)26(17-11-5-2-6-12-17)23(30)25(21)16-9-3-1-4-10-16/h7-8,13-17,28H,1-6,9-12H2. The number of nitrogens with zero attached hydrogens (tertiary/aromatic N) is 4. The zero-order valence-corrected chi connectivity index (χ0v) is 18.0. The Morgan fingerprint density at radius 3 is 2.09 bits per heavy atom. The topological polar surface area (TPSA) is 120 Å². The number of nitro benzene ring substituents is 1. The van der Waals surface area contributed by atoms with Crippen molar-refractivity contribution in [2.24, 2.45) is 4.99 Å².